The fraction of sp³-hybridized carbons (Fsp3) is 0.556. The molecule has 1 fully saturated rings. The zero-order valence-electron chi connectivity index (χ0n) is 50.4. The standard InChI is InChI=1S/C72H91BN2S/c1-42-32-47-51(69(11,12)28-24-65(47,3)4)38-56(42)74-58-40-53-50(68(9,10)27-30-71(53,15)16)37-55(58)73-62-59(74)34-45(44-22-20-19-21-23-44)35-60(62)75(57-39-52-48(33-43(57)2)66(5,6)25-29-70(52,13)14)63-46-36-49-54(41-61(46)76-64(63)73)72(17,18)31-26-67(49,7)8/h32-41,44H,19-31H2,1-18H3. The van der Waals surface area contributed by atoms with Gasteiger partial charge in [-0.25, -0.2) is 0 Å². The van der Waals surface area contributed by atoms with Crippen molar-refractivity contribution in [3.8, 4) is 0 Å². The highest BCUT2D eigenvalue weighted by Gasteiger charge is 2.51. The monoisotopic (exact) mass is 1030 g/mol. The van der Waals surface area contributed by atoms with Crippen LogP contribution in [-0.4, -0.2) is 6.71 Å². The van der Waals surface area contributed by atoms with Crippen LogP contribution >= 0.6 is 11.3 Å². The maximum atomic E-state index is 2.90. The minimum absolute atomic E-state index is 0.0645. The van der Waals surface area contributed by atoms with Crippen molar-refractivity contribution in [2.75, 3.05) is 9.80 Å². The molecule has 2 aliphatic heterocycles. The molecule has 76 heavy (non-hydrogen) atoms. The first-order valence-electron chi connectivity index (χ1n) is 30.3. The highest BCUT2D eigenvalue weighted by atomic mass is 32.1. The van der Waals surface area contributed by atoms with Gasteiger partial charge in [-0.2, -0.15) is 0 Å². The van der Waals surface area contributed by atoms with E-state index in [4.69, 9.17) is 0 Å². The zero-order chi connectivity index (χ0) is 54.0. The molecule has 2 nitrogen and oxygen atoms in total. The number of hydrogen-bond donors (Lipinski definition) is 0. The third-order valence-electron chi connectivity index (χ3n) is 22.5. The van der Waals surface area contributed by atoms with Gasteiger partial charge in [-0.1, -0.05) is 148 Å². The van der Waals surface area contributed by atoms with Crippen molar-refractivity contribution in [1.82, 2.24) is 0 Å². The predicted molar refractivity (Wildman–Crippen MR) is 332 cm³/mol. The number of aryl methyl sites for hydroxylation is 2. The van der Waals surface area contributed by atoms with Gasteiger partial charge in [0.05, 0.1) is 5.69 Å². The Morgan fingerprint density at radius 1 is 0.395 bits per heavy atom. The lowest BCUT2D eigenvalue weighted by Crippen LogP contribution is -2.61. The molecule has 0 amide bonds. The van der Waals surface area contributed by atoms with Crippen LogP contribution in [0.2, 0.25) is 0 Å². The molecule has 5 aliphatic carbocycles. The van der Waals surface area contributed by atoms with Crippen molar-refractivity contribution >= 4 is 78.0 Å². The lowest BCUT2D eigenvalue weighted by molar-refractivity contribution is 0.331. The number of rotatable bonds is 3. The van der Waals surface area contributed by atoms with E-state index in [1.165, 1.54) is 155 Å². The minimum Gasteiger partial charge on any atom is -0.311 e. The van der Waals surface area contributed by atoms with Crippen molar-refractivity contribution in [2.24, 2.45) is 0 Å². The molecule has 0 N–H and O–H groups in total. The second-order valence-electron chi connectivity index (χ2n) is 31.5. The largest absolute Gasteiger partial charge is 0.311 e. The summed E-state index contributed by atoms with van der Waals surface area (Å²) in [6.07, 6.45) is 16.2. The molecule has 0 unspecified atom stereocenters. The summed E-state index contributed by atoms with van der Waals surface area (Å²) in [5, 5.41) is 1.45. The topological polar surface area (TPSA) is 6.48 Å². The Bertz CT molecular complexity index is 3470. The number of anilines is 6. The average Bonchev–Trinajstić information content (AvgIpc) is 3.83. The van der Waals surface area contributed by atoms with Gasteiger partial charge in [0.2, 0.25) is 0 Å². The van der Waals surface area contributed by atoms with Crippen LogP contribution in [0.25, 0.3) is 10.1 Å². The van der Waals surface area contributed by atoms with Crippen LogP contribution in [-0.2, 0) is 43.3 Å². The smallest absolute Gasteiger partial charge is 0.264 e. The number of thiophene rings is 1. The summed E-state index contributed by atoms with van der Waals surface area (Å²) in [6.45, 7) is 45.4. The van der Waals surface area contributed by atoms with E-state index in [1.807, 2.05) is 0 Å². The van der Waals surface area contributed by atoms with Gasteiger partial charge in [0, 0.05) is 43.3 Å². The molecule has 0 atom stereocenters. The Morgan fingerprint density at radius 2 is 0.763 bits per heavy atom. The molecular weight excluding hydrogens is 936 g/mol. The first-order chi connectivity index (χ1) is 35.4. The summed E-state index contributed by atoms with van der Waals surface area (Å²) in [6, 6.07) is 27.2. The number of nitrogens with zero attached hydrogens (tertiary/aromatic N) is 2. The molecule has 5 aromatic carbocycles. The Morgan fingerprint density at radius 3 is 1.22 bits per heavy atom. The van der Waals surface area contributed by atoms with Crippen molar-refractivity contribution in [1.29, 1.82) is 0 Å². The van der Waals surface area contributed by atoms with Crippen LogP contribution in [0.3, 0.4) is 0 Å². The maximum Gasteiger partial charge on any atom is 0.264 e. The van der Waals surface area contributed by atoms with Gasteiger partial charge in [0.25, 0.3) is 6.71 Å². The fourth-order valence-electron chi connectivity index (χ4n) is 16.7. The molecule has 1 saturated carbocycles. The molecule has 0 bridgehead atoms. The van der Waals surface area contributed by atoms with Crippen LogP contribution < -0.4 is 25.5 Å². The van der Waals surface area contributed by atoms with Crippen LogP contribution in [0.5, 0.6) is 0 Å². The van der Waals surface area contributed by atoms with Crippen molar-refractivity contribution in [3.63, 3.8) is 0 Å². The molecule has 398 valence electrons. The lowest BCUT2D eigenvalue weighted by Gasteiger charge is -2.48. The van der Waals surface area contributed by atoms with Gasteiger partial charge in [0.1, 0.15) is 0 Å². The zero-order valence-corrected chi connectivity index (χ0v) is 51.2. The first-order valence-corrected chi connectivity index (χ1v) is 31.1. The predicted octanol–water partition coefficient (Wildman–Crippen LogP) is 19.0. The van der Waals surface area contributed by atoms with E-state index in [0.29, 0.717) is 5.92 Å². The Labute approximate surface area is 464 Å². The summed E-state index contributed by atoms with van der Waals surface area (Å²) in [5.41, 5.74) is 29.0. The van der Waals surface area contributed by atoms with Gasteiger partial charge >= 0.3 is 0 Å². The van der Waals surface area contributed by atoms with Gasteiger partial charge in [-0.05, 0) is 242 Å². The van der Waals surface area contributed by atoms with E-state index < -0.39 is 0 Å². The van der Waals surface area contributed by atoms with Gasteiger partial charge in [-0.15, -0.1) is 11.3 Å². The first kappa shape index (κ1) is 51.2. The van der Waals surface area contributed by atoms with Gasteiger partial charge in [-0.3, -0.25) is 0 Å². The van der Waals surface area contributed by atoms with E-state index in [9.17, 15) is 0 Å². The van der Waals surface area contributed by atoms with E-state index in [0.717, 1.165) is 0 Å². The highest BCUT2D eigenvalue weighted by Crippen LogP contribution is 2.58. The maximum absolute atomic E-state index is 2.90. The summed E-state index contributed by atoms with van der Waals surface area (Å²) in [7, 11) is 0. The van der Waals surface area contributed by atoms with Crippen molar-refractivity contribution < 1.29 is 0 Å². The van der Waals surface area contributed by atoms with E-state index in [-0.39, 0.29) is 50.0 Å². The molecule has 0 spiro atoms. The van der Waals surface area contributed by atoms with Crippen LogP contribution in [0.4, 0.5) is 34.1 Å². The van der Waals surface area contributed by atoms with E-state index in [1.54, 1.807) is 50.1 Å². The van der Waals surface area contributed by atoms with E-state index in [2.05, 4.69) is 206 Å². The van der Waals surface area contributed by atoms with Crippen LogP contribution in [0.1, 0.15) is 261 Å². The van der Waals surface area contributed by atoms with Gasteiger partial charge in [0.15, 0.2) is 0 Å². The number of hydrogen-bond acceptors (Lipinski definition) is 3. The van der Waals surface area contributed by atoms with Crippen LogP contribution in [0, 0.1) is 13.8 Å². The third kappa shape index (κ3) is 7.35. The van der Waals surface area contributed by atoms with Crippen molar-refractivity contribution in [3.05, 3.63) is 122 Å². The highest BCUT2D eigenvalue weighted by molar-refractivity contribution is 7.33. The Kier molecular flexibility index (Phi) is 10.9. The quantitative estimate of drug-likeness (QED) is 0.163. The molecule has 3 heterocycles. The second kappa shape index (κ2) is 16.2. The van der Waals surface area contributed by atoms with Crippen LogP contribution in [0.15, 0.2) is 60.7 Å². The molecular formula is C72H91BN2S. The molecule has 0 saturated heterocycles. The fourth-order valence-corrected chi connectivity index (χ4v) is 18.0. The normalized spacial score (nSPS) is 23.4. The second-order valence-corrected chi connectivity index (χ2v) is 32.6. The molecule has 4 heteroatoms. The van der Waals surface area contributed by atoms with Gasteiger partial charge < -0.3 is 9.80 Å². The summed E-state index contributed by atoms with van der Waals surface area (Å²) < 4.78 is 2.99. The third-order valence-corrected chi connectivity index (χ3v) is 23.7. The summed E-state index contributed by atoms with van der Waals surface area (Å²) in [5.74, 6) is 0.534. The number of benzene rings is 5. The molecule has 6 aromatic rings. The molecule has 0 radical (unpaired) electrons. The Balaban J connectivity index is 1.20. The lowest BCUT2D eigenvalue weighted by atomic mass is 9.35. The SMILES string of the molecule is Cc1cc2c(cc1N1c3cc4c(cc3B3c5sc6cc7c(cc6c5N(c5cc6c(cc5C)C(C)(C)CCC6(C)C)c5cc(C6CCCCC6)cc1c53)C(C)(C)CCC7(C)C)C(C)(C)CCC4(C)C)C(C)(C)CCC2(C)C. The Hall–Kier alpha value is -4.28. The molecule has 1 aromatic heterocycles. The summed E-state index contributed by atoms with van der Waals surface area (Å²) in [4.78, 5) is 5.77. The minimum atomic E-state index is 0.0645. The van der Waals surface area contributed by atoms with Crippen molar-refractivity contribution in [2.45, 2.75) is 257 Å². The average molecular weight is 1030 g/mol. The summed E-state index contributed by atoms with van der Waals surface area (Å²) >= 11 is 2.14. The van der Waals surface area contributed by atoms with E-state index >= 15 is 0 Å². The number of fused-ring (bicyclic) bond motifs is 10. The molecule has 13 rings (SSSR count). The molecule has 7 aliphatic rings.